The third-order valence-corrected chi connectivity index (χ3v) is 3.12. The molecule has 1 atom stereocenters. The molecule has 1 aliphatic rings. The molecule has 0 aliphatic carbocycles. The molecule has 1 saturated heterocycles. The number of benzene rings is 1. The lowest BCUT2D eigenvalue weighted by Crippen LogP contribution is -2.51. The summed E-state index contributed by atoms with van der Waals surface area (Å²) in [6.07, 6.45) is -4.37. The molecule has 0 radical (unpaired) electrons. The molecule has 0 saturated carbocycles. The summed E-state index contributed by atoms with van der Waals surface area (Å²) in [6.45, 7) is 3.81. The fourth-order valence-electron chi connectivity index (χ4n) is 2.10. The Bertz CT molecular complexity index is 456. The molecule has 0 aromatic heterocycles. The summed E-state index contributed by atoms with van der Waals surface area (Å²) in [5, 5.41) is 3.20. The zero-order valence-corrected chi connectivity index (χ0v) is 10.5. The average Bonchev–Trinajstić information content (AvgIpc) is 2.37. The summed E-state index contributed by atoms with van der Waals surface area (Å²) in [5.41, 5.74) is -0.445. The smallest absolute Gasteiger partial charge is 0.336 e. The number of piperazine rings is 1. The Morgan fingerprint density at radius 1 is 1.32 bits per heavy atom. The minimum absolute atomic E-state index is 0.201. The summed E-state index contributed by atoms with van der Waals surface area (Å²) in [4.78, 5) is 13.8. The first-order valence-electron chi connectivity index (χ1n) is 6.08. The third kappa shape index (κ3) is 3.26. The van der Waals surface area contributed by atoms with Crippen LogP contribution in [0.5, 0.6) is 0 Å². The highest BCUT2D eigenvalue weighted by Crippen LogP contribution is 2.29. The summed E-state index contributed by atoms with van der Waals surface area (Å²) in [6, 6.07) is 4.56. The monoisotopic (exact) mass is 272 g/mol. The average molecular weight is 272 g/mol. The fourth-order valence-corrected chi connectivity index (χ4v) is 2.10. The predicted molar refractivity (Wildman–Crippen MR) is 64.8 cm³/mol. The molecule has 0 bridgehead atoms. The molecule has 1 fully saturated rings. The van der Waals surface area contributed by atoms with Crippen LogP contribution in [0.2, 0.25) is 0 Å². The Kier molecular flexibility index (Phi) is 3.80. The standard InChI is InChI=1S/C13H15F3N2O/c1-9-8-18(7-6-17-9)12(19)10-2-4-11(5-3-10)13(14,15)16/h2-5,9,17H,6-8H2,1H3/t9-/m0/s1. The van der Waals surface area contributed by atoms with Gasteiger partial charge in [0.15, 0.2) is 0 Å². The Balaban J connectivity index is 2.11. The highest BCUT2D eigenvalue weighted by molar-refractivity contribution is 5.94. The molecule has 0 spiro atoms. The largest absolute Gasteiger partial charge is 0.416 e. The molecule has 19 heavy (non-hydrogen) atoms. The van der Waals surface area contributed by atoms with Crippen LogP contribution in [0.4, 0.5) is 13.2 Å². The van der Waals surface area contributed by atoms with Crippen LogP contribution in [0, 0.1) is 0 Å². The fraction of sp³-hybridized carbons (Fsp3) is 0.462. The summed E-state index contributed by atoms with van der Waals surface area (Å²) >= 11 is 0. The SMILES string of the molecule is C[C@H]1CN(C(=O)c2ccc(C(F)(F)F)cc2)CCN1. The van der Waals surface area contributed by atoms with E-state index in [2.05, 4.69) is 5.32 Å². The molecule has 0 unspecified atom stereocenters. The van der Waals surface area contributed by atoms with Crippen molar-refractivity contribution in [2.24, 2.45) is 0 Å². The maximum atomic E-state index is 12.4. The molecule has 2 rings (SSSR count). The third-order valence-electron chi connectivity index (χ3n) is 3.12. The predicted octanol–water partition coefficient (Wildman–Crippen LogP) is 2.14. The number of hydrogen-bond donors (Lipinski definition) is 1. The first kappa shape index (κ1) is 13.9. The number of carbonyl (C=O) groups is 1. The zero-order valence-electron chi connectivity index (χ0n) is 10.5. The summed E-state index contributed by atoms with van der Waals surface area (Å²) in [7, 11) is 0. The number of nitrogens with one attached hydrogen (secondary N) is 1. The van der Waals surface area contributed by atoms with Gasteiger partial charge in [0.2, 0.25) is 0 Å². The Morgan fingerprint density at radius 3 is 2.47 bits per heavy atom. The second-order valence-electron chi connectivity index (χ2n) is 4.68. The van der Waals surface area contributed by atoms with E-state index < -0.39 is 11.7 Å². The van der Waals surface area contributed by atoms with Gasteiger partial charge < -0.3 is 10.2 Å². The molecular formula is C13H15F3N2O. The van der Waals surface area contributed by atoms with Crippen LogP contribution in [0.1, 0.15) is 22.8 Å². The van der Waals surface area contributed by atoms with Crippen molar-refractivity contribution in [1.29, 1.82) is 0 Å². The number of hydrogen-bond acceptors (Lipinski definition) is 2. The molecule has 1 aromatic carbocycles. The number of alkyl halides is 3. The van der Waals surface area contributed by atoms with E-state index in [9.17, 15) is 18.0 Å². The van der Waals surface area contributed by atoms with Gasteiger partial charge in [0.25, 0.3) is 5.91 Å². The lowest BCUT2D eigenvalue weighted by atomic mass is 10.1. The van der Waals surface area contributed by atoms with Crippen molar-refractivity contribution in [3.63, 3.8) is 0 Å². The van der Waals surface area contributed by atoms with E-state index in [1.807, 2.05) is 6.92 Å². The molecule has 3 nitrogen and oxygen atoms in total. The summed E-state index contributed by atoms with van der Waals surface area (Å²) < 4.78 is 37.3. The molecule has 1 N–H and O–H groups in total. The van der Waals surface area contributed by atoms with Gasteiger partial charge in [-0.3, -0.25) is 4.79 Å². The van der Waals surface area contributed by atoms with E-state index >= 15 is 0 Å². The second-order valence-corrected chi connectivity index (χ2v) is 4.68. The van der Waals surface area contributed by atoms with Gasteiger partial charge in [-0.2, -0.15) is 13.2 Å². The second kappa shape index (κ2) is 5.21. The van der Waals surface area contributed by atoms with Gasteiger partial charge in [0.05, 0.1) is 5.56 Å². The van der Waals surface area contributed by atoms with E-state index in [0.717, 1.165) is 12.1 Å². The van der Waals surface area contributed by atoms with Gasteiger partial charge in [-0.05, 0) is 31.2 Å². The van der Waals surface area contributed by atoms with Crippen molar-refractivity contribution in [2.75, 3.05) is 19.6 Å². The van der Waals surface area contributed by atoms with Crippen molar-refractivity contribution >= 4 is 5.91 Å². The van der Waals surface area contributed by atoms with E-state index in [0.29, 0.717) is 25.2 Å². The van der Waals surface area contributed by atoms with Gasteiger partial charge in [0, 0.05) is 31.2 Å². The van der Waals surface area contributed by atoms with Gasteiger partial charge in [0.1, 0.15) is 0 Å². The first-order valence-corrected chi connectivity index (χ1v) is 6.08. The lowest BCUT2D eigenvalue weighted by molar-refractivity contribution is -0.137. The molecule has 1 heterocycles. The minimum atomic E-state index is -4.37. The van der Waals surface area contributed by atoms with Crippen LogP contribution in [0.25, 0.3) is 0 Å². The van der Waals surface area contributed by atoms with Crippen LogP contribution < -0.4 is 5.32 Å². The number of nitrogens with zero attached hydrogens (tertiary/aromatic N) is 1. The van der Waals surface area contributed by atoms with Crippen LogP contribution in [-0.4, -0.2) is 36.5 Å². The van der Waals surface area contributed by atoms with Gasteiger partial charge in [-0.25, -0.2) is 0 Å². The zero-order chi connectivity index (χ0) is 14.0. The van der Waals surface area contributed by atoms with Crippen molar-refractivity contribution in [2.45, 2.75) is 19.1 Å². The molecular weight excluding hydrogens is 257 g/mol. The van der Waals surface area contributed by atoms with E-state index in [-0.39, 0.29) is 11.9 Å². The first-order chi connectivity index (χ1) is 8.88. The van der Waals surface area contributed by atoms with Gasteiger partial charge in [-0.1, -0.05) is 0 Å². The van der Waals surface area contributed by atoms with Crippen molar-refractivity contribution in [3.8, 4) is 0 Å². The van der Waals surface area contributed by atoms with Gasteiger partial charge in [-0.15, -0.1) is 0 Å². The minimum Gasteiger partial charge on any atom is -0.336 e. The topological polar surface area (TPSA) is 32.3 Å². The highest BCUT2D eigenvalue weighted by atomic mass is 19.4. The number of rotatable bonds is 1. The molecule has 6 heteroatoms. The van der Waals surface area contributed by atoms with Crippen molar-refractivity contribution in [3.05, 3.63) is 35.4 Å². The van der Waals surface area contributed by atoms with Crippen LogP contribution in [-0.2, 0) is 6.18 Å². The van der Waals surface area contributed by atoms with Crippen molar-refractivity contribution in [1.82, 2.24) is 10.2 Å². The Labute approximate surface area is 109 Å². The van der Waals surface area contributed by atoms with Gasteiger partial charge >= 0.3 is 6.18 Å². The molecule has 1 amide bonds. The van der Waals surface area contributed by atoms with Crippen LogP contribution in [0.3, 0.4) is 0 Å². The van der Waals surface area contributed by atoms with E-state index in [1.165, 1.54) is 12.1 Å². The Hall–Kier alpha value is -1.56. The highest BCUT2D eigenvalue weighted by Gasteiger charge is 2.30. The molecule has 1 aliphatic heterocycles. The van der Waals surface area contributed by atoms with E-state index in [4.69, 9.17) is 0 Å². The normalized spacial score (nSPS) is 20.4. The molecule has 104 valence electrons. The van der Waals surface area contributed by atoms with E-state index in [1.54, 1.807) is 4.90 Å². The van der Waals surface area contributed by atoms with Crippen molar-refractivity contribution < 1.29 is 18.0 Å². The number of carbonyl (C=O) groups excluding carboxylic acids is 1. The maximum absolute atomic E-state index is 12.4. The summed E-state index contributed by atoms with van der Waals surface area (Å²) in [5.74, 6) is -0.220. The Morgan fingerprint density at radius 2 is 1.95 bits per heavy atom. The quantitative estimate of drug-likeness (QED) is 0.849. The number of amides is 1. The van der Waals surface area contributed by atoms with Crippen LogP contribution in [0.15, 0.2) is 24.3 Å². The molecule has 1 aromatic rings. The number of halogens is 3. The maximum Gasteiger partial charge on any atom is 0.416 e. The lowest BCUT2D eigenvalue weighted by Gasteiger charge is -2.32. The van der Waals surface area contributed by atoms with Crippen LogP contribution >= 0.6 is 0 Å².